The number of hydrogen-bond donors (Lipinski definition) is 2. The summed E-state index contributed by atoms with van der Waals surface area (Å²) in [5.41, 5.74) is 2.34. The monoisotopic (exact) mass is 376 g/mol. The molecule has 0 aliphatic heterocycles. The van der Waals surface area contributed by atoms with Gasteiger partial charge in [-0.3, -0.25) is 4.79 Å². The number of benzene rings is 1. The van der Waals surface area contributed by atoms with Gasteiger partial charge in [-0.15, -0.1) is 0 Å². The number of nitrogens with one attached hydrogen (secondary N) is 2. The highest BCUT2D eigenvalue weighted by Crippen LogP contribution is 2.24. The third-order valence-electron chi connectivity index (χ3n) is 3.57. The lowest BCUT2D eigenvalue weighted by Gasteiger charge is -2.10. The van der Waals surface area contributed by atoms with E-state index in [-0.39, 0.29) is 11.2 Å². The first-order chi connectivity index (χ1) is 12.0. The van der Waals surface area contributed by atoms with Crippen molar-refractivity contribution in [3.8, 4) is 5.75 Å². The topological polar surface area (TPSA) is 79.9 Å². The molecule has 0 aliphatic carbocycles. The Morgan fingerprint density at radius 1 is 1.40 bits per heavy atom. The maximum atomic E-state index is 12.3. The van der Waals surface area contributed by atoms with Crippen molar-refractivity contribution in [1.82, 2.24) is 20.3 Å². The summed E-state index contributed by atoms with van der Waals surface area (Å²) in [6.45, 7) is 2.30. The first-order valence-corrected chi connectivity index (χ1v) is 8.89. The Kier molecular flexibility index (Phi) is 5.45. The molecule has 0 saturated carbocycles. The number of pyridine rings is 1. The van der Waals surface area contributed by atoms with Crippen LogP contribution in [0.5, 0.6) is 5.75 Å². The molecule has 6 nitrogen and oxygen atoms in total. The van der Waals surface area contributed by atoms with E-state index in [4.69, 9.17) is 16.3 Å². The fourth-order valence-electron chi connectivity index (χ4n) is 2.21. The molecule has 0 radical (unpaired) electrons. The maximum absolute atomic E-state index is 12.3. The van der Waals surface area contributed by atoms with Gasteiger partial charge in [0.25, 0.3) is 0 Å². The summed E-state index contributed by atoms with van der Waals surface area (Å²) in [4.78, 5) is 23.9. The fourth-order valence-corrected chi connectivity index (χ4v) is 3.20. The van der Waals surface area contributed by atoms with Crippen molar-refractivity contribution >= 4 is 40.4 Å². The first-order valence-electron chi connectivity index (χ1n) is 7.63. The van der Waals surface area contributed by atoms with Gasteiger partial charge in [-0.05, 0) is 30.7 Å². The number of halogens is 1. The smallest absolute Gasteiger partial charge is 0.233 e. The van der Waals surface area contributed by atoms with Crippen LogP contribution in [0.1, 0.15) is 12.5 Å². The van der Waals surface area contributed by atoms with E-state index >= 15 is 0 Å². The molecule has 2 heterocycles. The minimum Gasteiger partial charge on any atom is -0.497 e. The lowest BCUT2D eigenvalue weighted by Crippen LogP contribution is -2.30. The predicted octanol–water partition coefficient (Wildman–Crippen LogP) is 3.42. The second-order valence-corrected chi connectivity index (χ2v) is 7.16. The van der Waals surface area contributed by atoms with Gasteiger partial charge in [0.05, 0.1) is 22.9 Å². The summed E-state index contributed by atoms with van der Waals surface area (Å²) in [5.74, 6) is 0.727. The quantitative estimate of drug-likeness (QED) is 0.644. The van der Waals surface area contributed by atoms with Crippen molar-refractivity contribution in [2.24, 2.45) is 0 Å². The Bertz CT molecular complexity index is 882. The number of carbonyl (C=O) groups is 1. The number of aromatic amines is 1. The van der Waals surface area contributed by atoms with Crippen molar-refractivity contribution < 1.29 is 9.53 Å². The number of fused-ring (bicyclic) bond motifs is 1. The molecule has 0 aliphatic rings. The lowest BCUT2D eigenvalue weighted by atomic mass is 10.2. The van der Waals surface area contributed by atoms with Crippen molar-refractivity contribution in [2.75, 3.05) is 7.11 Å². The van der Waals surface area contributed by atoms with Gasteiger partial charge in [0.1, 0.15) is 5.75 Å². The molecule has 0 spiro atoms. The minimum absolute atomic E-state index is 0.0627. The van der Waals surface area contributed by atoms with Gasteiger partial charge in [-0.2, -0.15) is 0 Å². The molecule has 1 atom stereocenters. The number of imidazole rings is 1. The van der Waals surface area contributed by atoms with Gasteiger partial charge < -0.3 is 15.0 Å². The highest BCUT2D eigenvalue weighted by atomic mass is 35.5. The van der Waals surface area contributed by atoms with Crippen molar-refractivity contribution in [1.29, 1.82) is 0 Å². The van der Waals surface area contributed by atoms with E-state index in [1.54, 1.807) is 19.4 Å². The van der Waals surface area contributed by atoms with Crippen LogP contribution in [-0.2, 0) is 11.3 Å². The Morgan fingerprint density at radius 2 is 2.16 bits per heavy atom. The van der Waals surface area contributed by atoms with Crippen LogP contribution in [0, 0.1) is 0 Å². The second kappa shape index (κ2) is 7.76. The van der Waals surface area contributed by atoms with E-state index in [1.807, 2.05) is 31.2 Å². The normalized spacial score (nSPS) is 12.1. The maximum Gasteiger partial charge on any atom is 0.233 e. The van der Waals surface area contributed by atoms with Gasteiger partial charge in [0.15, 0.2) is 10.8 Å². The summed E-state index contributed by atoms with van der Waals surface area (Å²) in [7, 11) is 1.62. The number of thioether (sulfide) groups is 1. The number of rotatable bonds is 6. The fraction of sp³-hybridized carbons (Fsp3) is 0.235. The molecule has 2 aromatic heterocycles. The summed E-state index contributed by atoms with van der Waals surface area (Å²) in [5, 5.41) is 3.80. The molecule has 0 saturated heterocycles. The summed E-state index contributed by atoms with van der Waals surface area (Å²) in [6, 6.07) is 9.34. The van der Waals surface area contributed by atoms with Crippen LogP contribution >= 0.6 is 23.4 Å². The van der Waals surface area contributed by atoms with E-state index in [1.165, 1.54) is 11.8 Å². The van der Waals surface area contributed by atoms with Crippen LogP contribution in [0.2, 0.25) is 5.02 Å². The molecule has 0 unspecified atom stereocenters. The highest BCUT2D eigenvalue weighted by molar-refractivity contribution is 8.00. The van der Waals surface area contributed by atoms with Crippen LogP contribution in [0.4, 0.5) is 0 Å². The Morgan fingerprint density at radius 3 is 2.88 bits per heavy atom. The van der Waals surface area contributed by atoms with Crippen LogP contribution < -0.4 is 10.1 Å². The molecular formula is C17H17ClN4O2S. The summed E-state index contributed by atoms with van der Waals surface area (Å²) >= 11 is 7.26. The Labute approximate surface area is 154 Å². The number of H-pyrrole nitrogens is 1. The van der Waals surface area contributed by atoms with Gasteiger partial charge in [-0.1, -0.05) is 35.5 Å². The zero-order valence-electron chi connectivity index (χ0n) is 13.7. The Hall–Kier alpha value is -2.25. The van der Waals surface area contributed by atoms with Crippen LogP contribution in [-0.4, -0.2) is 33.2 Å². The zero-order chi connectivity index (χ0) is 17.8. The molecular weight excluding hydrogens is 360 g/mol. The lowest BCUT2D eigenvalue weighted by molar-refractivity contribution is -0.120. The number of methoxy groups -OCH3 is 1. The van der Waals surface area contributed by atoms with E-state index in [0.717, 1.165) is 16.8 Å². The highest BCUT2D eigenvalue weighted by Gasteiger charge is 2.16. The van der Waals surface area contributed by atoms with Crippen LogP contribution in [0.15, 0.2) is 41.7 Å². The molecule has 8 heteroatoms. The van der Waals surface area contributed by atoms with Crippen LogP contribution in [0.25, 0.3) is 11.2 Å². The number of aromatic nitrogens is 3. The van der Waals surface area contributed by atoms with Crippen molar-refractivity contribution in [3.05, 3.63) is 47.1 Å². The second-order valence-electron chi connectivity index (χ2n) is 5.39. The van der Waals surface area contributed by atoms with Gasteiger partial charge in [0.2, 0.25) is 5.91 Å². The van der Waals surface area contributed by atoms with E-state index in [0.29, 0.717) is 22.4 Å². The van der Waals surface area contributed by atoms with Crippen LogP contribution in [0.3, 0.4) is 0 Å². The van der Waals surface area contributed by atoms with Crippen molar-refractivity contribution in [3.63, 3.8) is 0 Å². The van der Waals surface area contributed by atoms with Gasteiger partial charge in [-0.25, -0.2) is 9.97 Å². The Balaban J connectivity index is 1.57. The summed E-state index contributed by atoms with van der Waals surface area (Å²) < 4.78 is 5.12. The standard InChI is InChI=1S/C17H17ClN4O2S/c1-10(16(23)20-8-11-3-5-13(24-2)6-4-11)25-17-21-14-7-12(18)9-19-15(14)22-17/h3-7,9-10H,8H2,1-2H3,(H,20,23)(H,19,21,22)/t10-/m1/s1. The minimum atomic E-state index is -0.297. The zero-order valence-corrected chi connectivity index (χ0v) is 15.3. The summed E-state index contributed by atoms with van der Waals surface area (Å²) in [6.07, 6.45) is 1.55. The number of amides is 1. The number of hydrogen-bond acceptors (Lipinski definition) is 5. The van der Waals surface area contributed by atoms with Gasteiger partial charge in [0, 0.05) is 12.7 Å². The van der Waals surface area contributed by atoms with E-state index in [9.17, 15) is 4.79 Å². The molecule has 3 aromatic rings. The van der Waals surface area contributed by atoms with Gasteiger partial charge >= 0.3 is 0 Å². The average Bonchev–Trinajstić information content (AvgIpc) is 3.01. The molecule has 25 heavy (non-hydrogen) atoms. The third-order valence-corrected chi connectivity index (χ3v) is 4.76. The third kappa shape index (κ3) is 4.43. The molecule has 3 rings (SSSR count). The molecule has 0 fully saturated rings. The van der Waals surface area contributed by atoms with E-state index in [2.05, 4.69) is 20.3 Å². The van der Waals surface area contributed by atoms with E-state index < -0.39 is 0 Å². The molecule has 130 valence electrons. The largest absolute Gasteiger partial charge is 0.497 e. The molecule has 1 aromatic carbocycles. The number of nitrogens with zero attached hydrogens (tertiary/aromatic N) is 2. The number of carbonyl (C=O) groups excluding carboxylic acids is 1. The average molecular weight is 377 g/mol. The molecule has 2 N–H and O–H groups in total. The SMILES string of the molecule is COc1ccc(CNC(=O)[C@@H](C)Sc2nc3ncc(Cl)cc3[nH]2)cc1. The van der Waals surface area contributed by atoms with Crippen molar-refractivity contribution in [2.45, 2.75) is 23.9 Å². The molecule has 0 bridgehead atoms. The molecule has 1 amide bonds. The number of ether oxygens (including phenoxy) is 1. The predicted molar refractivity (Wildman–Crippen MR) is 99.1 cm³/mol. The first kappa shape index (κ1) is 17.6.